The van der Waals surface area contributed by atoms with E-state index >= 15 is 0 Å². The maximum atomic E-state index is 13.4. The molecule has 0 heterocycles. The molecule has 0 saturated heterocycles. The Bertz CT molecular complexity index is 529. The zero-order valence-corrected chi connectivity index (χ0v) is 10.4. The average Bonchev–Trinajstić information content (AvgIpc) is 2.34. The van der Waals surface area contributed by atoms with Gasteiger partial charge in [0, 0.05) is 10.9 Å². The second-order valence-corrected chi connectivity index (χ2v) is 3.98. The van der Waals surface area contributed by atoms with Gasteiger partial charge in [0.05, 0.1) is 0 Å². The lowest BCUT2D eigenvalue weighted by Gasteiger charge is -2.10. The fourth-order valence-electron chi connectivity index (χ4n) is 1.40. The number of rotatable bonds is 3. The molecule has 2 aromatic carbocycles. The van der Waals surface area contributed by atoms with Gasteiger partial charge in [-0.15, -0.1) is 0 Å². The van der Waals surface area contributed by atoms with Gasteiger partial charge < -0.3 is 4.74 Å². The summed E-state index contributed by atoms with van der Waals surface area (Å²) in [6, 6.07) is 10.2. The molecule has 0 aliphatic carbocycles. The first-order valence-electron chi connectivity index (χ1n) is 4.97. The van der Waals surface area contributed by atoms with Crippen LogP contribution in [0.3, 0.4) is 0 Å². The first kappa shape index (κ1) is 12.0. The summed E-state index contributed by atoms with van der Waals surface area (Å²) < 4.78 is 31.8. The third-order valence-electron chi connectivity index (χ3n) is 2.22. The summed E-state index contributed by atoms with van der Waals surface area (Å²) in [5.41, 5.74) is 0.633. The molecule has 2 aromatic rings. The zero-order chi connectivity index (χ0) is 12.3. The molecule has 17 heavy (non-hydrogen) atoms. The molecule has 0 spiro atoms. The Kier molecular flexibility index (Phi) is 3.74. The minimum atomic E-state index is -0.447. The Hall–Kier alpha value is -1.42. The van der Waals surface area contributed by atoms with E-state index in [0.717, 1.165) is 0 Å². The predicted molar refractivity (Wildman–Crippen MR) is 65.5 cm³/mol. The normalized spacial score (nSPS) is 10.3. The van der Waals surface area contributed by atoms with Crippen LogP contribution in [0.5, 0.6) is 11.5 Å². The number of ether oxygens (including phenoxy) is 1. The lowest BCUT2D eigenvalue weighted by molar-refractivity contribution is 0.438. The van der Waals surface area contributed by atoms with E-state index in [9.17, 15) is 8.78 Å². The van der Waals surface area contributed by atoms with Crippen LogP contribution in [0.2, 0.25) is 0 Å². The summed E-state index contributed by atoms with van der Waals surface area (Å²) in [7, 11) is 0. The van der Waals surface area contributed by atoms with Gasteiger partial charge in [0.25, 0.3) is 0 Å². The van der Waals surface area contributed by atoms with Crippen LogP contribution in [0.15, 0.2) is 42.5 Å². The van der Waals surface area contributed by atoms with E-state index in [1.807, 2.05) is 0 Å². The second kappa shape index (κ2) is 5.27. The molecule has 0 radical (unpaired) electrons. The van der Waals surface area contributed by atoms with Crippen molar-refractivity contribution in [3.05, 3.63) is 59.7 Å². The van der Waals surface area contributed by atoms with Crippen LogP contribution in [-0.2, 0) is 5.33 Å². The molecule has 0 aliphatic heterocycles. The van der Waals surface area contributed by atoms with Gasteiger partial charge in [-0.05, 0) is 30.3 Å². The van der Waals surface area contributed by atoms with Gasteiger partial charge >= 0.3 is 0 Å². The monoisotopic (exact) mass is 298 g/mol. The van der Waals surface area contributed by atoms with Crippen molar-refractivity contribution in [1.29, 1.82) is 0 Å². The average molecular weight is 299 g/mol. The summed E-state index contributed by atoms with van der Waals surface area (Å²) in [5.74, 6) is -0.229. The third-order valence-corrected chi connectivity index (χ3v) is 2.83. The van der Waals surface area contributed by atoms with E-state index in [-0.39, 0.29) is 11.6 Å². The fourth-order valence-corrected chi connectivity index (χ4v) is 1.84. The van der Waals surface area contributed by atoms with Crippen molar-refractivity contribution in [1.82, 2.24) is 0 Å². The maximum absolute atomic E-state index is 13.4. The van der Waals surface area contributed by atoms with Gasteiger partial charge in [0.2, 0.25) is 0 Å². The first-order chi connectivity index (χ1) is 8.20. The SMILES string of the molecule is Fc1ccc(Oc2ccccc2F)c(CBr)c1. The molecule has 0 atom stereocenters. The van der Waals surface area contributed by atoms with Crippen molar-refractivity contribution in [3.63, 3.8) is 0 Å². The molecule has 0 aliphatic rings. The van der Waals surface area contributed by atoms with E-state index < -0.39 is 5.82 Å². The van der Waals surface area contributed by atoms with Gasteiger partial charge in [0.1, 0.15) is 11.6 Å². The van der Waals surface area contributed by atoms with E-state index in [0.29, 0.717) is 16.6 Å². The highest BCUT2D eigenvalue weighted by molar-refractivity contribution is 9.08. The second-order valence-electron chi connectivity index (χ2n) is 3.42. The zero-order valence-electron chi connectivity index (χ0n) is 8.79. The van der Waals surface area contributed by atoms with Crippen LogP contribution in [0.1, 0.15) is 5.56 Å². The van der Waals surface area contributed by atoms with Gasteiger partial charge in [0.15, 0.2) is 11.6 Å². The van der Waals surface area contributed by atoms with Crippen LogP contribution in [0.4, 0.5) is 8.78 Å². The van der Waals surface area contributed by atoms with Crippen molar-refractivity contribution < 1.29 is 13.5 Å². The summed E-state index contributed by atoms with van der Waals surface area (Å²) in [4.78, 5) is 0. The van der Waals surface area contributed by atoms with Crippen LogP contribution in [0.25, 0.3) is 0 Å². The van der Waals surface area contributed by atoms with E-state index in [2.05, 4.69) is 15.9 Å². The molecule has 0 fully saturated rings. The molecule has 0 aromatic heterocycles. The number of hydrogen-bond donors (Lipinski definition) is 0. The number of halogens is 3. The summed E-state index contributed by atoms with van der Waals surface area (Å²) in [6.07, 6.45) is 0. The topological polar surface area (TPSA) is 9.23 Å². The molecule has 2 rings (SSSR count). The van der Waals surface area contributed by atoms with Crippen molar-refractivity contribution in [3.8, 4) is 11.5 Å². The van der Waals surface area contributed by atoms with Crippen molar-refractivity contribution in [2.24, 2.45) is 0 Å². The fraction of sp³-hybridized carbons (Fsp3) is 0.0769. The quantitative estimate of drug-likeness (QED) is 0.749. The molecule has 1 nitrogen and oxygen atoms in total. The lowest BCUT2D eigenvalue weighted by Crippen LogP contribution is -1.92. The van der Waals surface area contributed by atoms with E-state index in [1.54, 1.807) is 12.1 Å². The molecule has 88 valence electrons. The van der Waals surface area contributed by atoms with E-state index in [4.69, 9.17) is 4.74 Å². The van der Waals surface area contributed by atoms with Crippen LogP contribution >= 0.6 is 15.9 Å². The number of para-hydroxylation sites is 1. The summed E-state index contributed by atoms with van der Waals surface area (Å²) >= 11 is 3.23. The predicted octanol–water partition coefficient (Wildman–Crippen LogP) is 4.65. The summed E-state index contributed by atoms with van der Waals surface area (Å²) in [6.45, 7) is 0. The van der Waals surface area contributed by atoms with Crippen molar-refractivity contribution >= 4 is 15.9 Å². The van der Waals surface area contributed by atoms with Crippen LogP contribution < -0.4 is 4.74 Å². The first-order valence-corrected chi connectivity index (χ1v) is 6.09. The van der Waals surface area contributed by atoms with Gasteiger partial charge in [-0.3, -0.25) is 0 Å². The standard InChI is InChI=1S/C13H9BrF2O/c14-8-9-7-10(15)5-6-12(9)17-13-4-2-1-3-11(13)16/h1-7H,8H2. The molecular formula is C13H9BrF2O. The molecule has 0 saturated carbocycles. The van der Waals surface area contributed by atoms with Crippen molar-refractivity contribution in [2.75, 3.05) is 0 Å². The van der Waals surface area contributed by atoms with Crippen LogP contribution in [0, 0.1) is 11.6 Å². The third kappa shape index (κ3) is 2.82. The highest BCUT2D eigenvalue weighted by atomic mass is 79.9. The minimum Gasteiger partial charge on any atom is -0.454 e. The Morgan fingerprint density at radius 2 is 1.76 bits per heavy atom. The Morgan fingerprint density at radius 3 is 2.47 bits per heavy atom. The Morgan fingerprint density at radius 1 is 1.00 bits per heavy atom. The summed E-state index contributed by atoms with van der Waals surface area (Å²) in [5, 5.41) is 0.439. The van der Waals surface area contributed by atoms with Gasteiger partial charge in [-0.25, -0.2) is 8.78 Å². The van der Waals surface area contributed by atoms with E-state index in [1.165, 1.54) is 30.3 Å². The maximum Gasteiger partial charge on any atom is 0.165 e. The van der Waals surface area contributed by atoms with Gasteiger partial charge in [-0.1, -0.05) is 28.1 Å². The number of hydrogen-bond acceptors (Lipinski definition) is 1. The molecular weight excluding hydrogens is 290 g/mol. The largest absolute Gasteiger partial charge is 0.454 e. The van der Waals surface area contributed by atoms with Crippen molar-refractivity contribution in [2.45, 2.75) is 5.33 Å². The molecule has 4 heteroatoms. The Balaban J connectivity index is 2.33. The molecule has 0 amide bonds. The van der Waals surface area contributed by atoms with Crippen LogP contribution in [-0.4, -0.2) is 0 Å². The smallest absolute Gasteiger partial charge is 0.165 e. The highest BCUT2D eigenvalue weighted by Gasteiger charge is 2.08. The van der Waals surface area contributed by atoms with Gasteiger partial charge in [-0.2, -0.15) is 0 Å². The lowest BCUT2D eigenvalue weighted by atomic mass is 10.2. The molecule has 0 bridgehead atoms. The number of alkyl halides is 1. The number of benzene rings is 2. The highest BCUT2D eigenvalue weighted by Crippen LogP contribution is 2.29. The molecule has 0 unspecified atom stereocenters. The molecule has 0 N–H and O–H groups in total. The minimum absolute atomic E-state index is 0.126. The Labute approximate surface area is 106 Å².